The molecule has 0 saturated carbocycles. The van der Waals surface area contributed by atoms with Crippen LogP contribution in [-0.4, -0.2) is 16.7 Å². The summed E-state index contributed by atoms with van der Waals surface area (Å²) in [5.74, 6) is 1.42. The minimum absolute atomic E-state index is 0.0560. The first kappa shape index (κ1) is 14.4. The second-order valence-electron chi connectivity index (χ2n) is 5.25. The number of benzene rings is 1. The third kappa shape index (κ3) is 2.89. The summed E-state index contributed by atoms with van der Waals surface area (Å²) in [6.45, 7) is 0.0560. The molecule has 0 bridgehead atoms. The summed E-state index contributed by atoms with van der Waals surface area (Å²) in [6, 6.07) is 4.86. The number of aromatic nitrogens is 2. The van der Waals surface area contributed by atoms with Gasteiger partial charge < -0.3 is 0 Å². The molecule has 3 nitrogen and oxygen atoms in total. The van der Waals surface area contributed by atoms with Crippen LogP contribution in [0.15, 0.2) is 36.7 Å². The average Bonchev–Trinajstić information content (AvgIpc) is 2.56. The summed E-state index contributed by atoms with van der Waals surface area (Å²) >= 11 is 0. The molecule has 0 fully saturated rings. The Labute approximate surface area is 127 Å². The standard InChI is InChI=1S/C16H12BF2N3/c18-13-8-21-16(22-9-13)14-2-1-12(7-15(14)19)11-3-5-17(10-20)6-4-11/h1-3,7-9H,4-6H2. The first-order valence-corrected chi connectivity index (χ1v) is 7.04. The highest BCUT2D eigenvalue weighted by Gasteiger charge is 2.19. The quantitative estimate of drug-likeness (QED) is 0.792. The van der Waals surface area contributed by atoms with Crippen molar-refractivity contribution in [1.29, 1.82) is 5.26 Å². The van der Waals surface area contributed by atoms with E-state index in [0.29, 0.717) is 6.32 Å². The highest BCUT2D eigenvalue weighted by atomic mass is 19.1. The Kier molecular flexibility index (Phi) is 3.97. The van der Waals surface area contributed by atoms with Crippen molar-refractivity contribution in [2.45, 2.75) is 19.1 Å². The van der Waals surface area contributed by atoms with Crippen LogP contribution in [0.2, 0.25) is 12.6 Å². The minimum Gasteiger partial charge on any atom is -0.233 e. The normalized spacial score (nSPS) is 14.4. The molecular weight excluding hydrogens is 283 g/mol. The van der Waals surface area contributed by atoms with E-state index in [2.05, 4.69) is 15.9 Å². The van der Waals surface area contributed by atoms with Crippen molar-refractivity contribution in [3.05, 3.63) is 53.9 Å². The SMILES string of the molecule is N#CB1CC=C(c2ccc(-c3ncc(F)cn3)c(F)c2)CC1. The molecule has 1 aromatic carbocycles. The number of allylic oxidation sites excluding steroid dienone is 2. The lowest BCUT2D eigenvalue weighted by molar-refractivity contribution is 0.611. The first-order chi connectivity index (χ1) is 10.7. The van der Waals surface area contributed by atoms with E-state index < -0.39 is 11.6 Å². The molecule has 108 valence electrons. The smallest absolute Gasteiger partial charge is 0.233 e. The lowest BCUT2D eigenvalue weighted by Crippen LogP contribution is -2.12. The number of halogens is 2. The Morgan fingerprint density at radius 1 is 1.18 bits per heavy atom. The van der Waals surface area contributed by atoms with E-state index in [1.807, 2.05) is 12.1 Å². The molecule has 1 aliphatic heterocycles. The van der Waals surface area contributed by atoms with Gasteiger partial charge in [-0.3, -0.25) is 0 Å². The van der Waals surface area contributed by atoms with Gasteiger partial charge in [0.25, 0.3) is 6.71 Å². The van der Waals surface area contributed by atoms with E-state index in [1.165, 1.54) is 6.07 Å². The van der Waals surface area contributed by atoms with Crippen molar-refractivity contribution >= 4 is 12.3 Å². The van der Waals surface area contributed by atoms with Crippen LogP contribution >= 0.6 is 0 Å². The van der Waals surface area contributed by atoms with Crippen molar-refractivity contribution in [1.82, 2.24) is 9.97 Å². The molecule has 2 heterocycles. The van der Waals surface area contributed by atoms with Gasteiger partial charge in [-0.25, -0.2) is 24.0 Å². The minimum atomic E-state index is -0.555. The molecular formula is C16H12BF2N3. The number of hydrogen-bond acceptors (Lipinski definition) is 3. The Bertz CT molecular complexity index is 766. The van der Waals surface area contributed by atoms with Gasteiger partial charge in [-0.2, -0.15) is 0 Å². The third-order valence-electron chi connectivity index (χ3n) is 3.79. The second kappa shape index (κ2) is 6.06. The molecule has 0 N–H and O–H groups in total. The summed E-state index contributed by atoms with van der Waals surface area (Å²) in [4.78, 5) is 7.59. The van der Waals surface area contributed by atoms with Crippen molar-refractivity contribution < 1.29 is 8.78 Å². The van der Waals surface area contributed by atoms with Gasteiger partial charge >= 0.3 is 0 Å². The number of nitrogens with zero attached hydrogens (tertiary/aromatic N) is 3. The zero-order valence-corrected chi connectivity index (χ0v) is 11.8. The van der Waals surface area contributed by atoms with Crippen LogP contribution in [0.1, 0.15) is 12.0 Å². The highest BCUT2D eigenvalue weighted by Crippen LogP contribution is 2.30. The molecule has 2 aromatic rings. The van der Waals surface area contributed by atoms with Crippen LogP contribution in [0.3, 0.4) is 0 Å². The van der Waals surface area contributed by atoms with Crippen molar-refractivity contribution in [2.75, 3.05) is 0 Å². The van der Waals surface area contributed by atoms with Crippen LogP contribution in [0.25, 0.3) is 17.0 Å². The number of rotatable bonds is 2. The van der Waals surface area contributed by atoms with E-state index in [0.717, 1.165) is 36.3 Å². The van der Waals surface area contributed by atoms with Crippen LogP contribution in [0.5, 0.6) is 0 Å². The topological polar surface area (TPSA) is 49.6 Å². The zero-order chi connectivity index (χ0) is 15.5. The molecule has 0 unspecified atom stereocenters. The maximum Gasteiger partial charge on any atom is 0.271 e. The predicted molar refractivity (Wildman–Crippen MR) is 81.0 cm³/mol. The molecule has 0 saturated heterocycles. The van der Waals surface area contributed by atoms with Gasteiger partial charge in [-0.1, -0.05) is 18.5 Å². The fraction of sp³-hybridized carbons (Fsp3) is 0.188. The fourth-order valence-corrected chi connectivity index (χ4v) is 2.56. The summed E-state index contributed by atoms with van der Waals surface area (Å²) < 4.78 is 27.1. The fourth-order valence-electron chi connectivity index (χ4n) is 2.56. The molecule has 3 rings (SSSR count). The van der Waals surface area contributed by atoms with Gasteiger partial charge in [0.15, 0.2) is 11.6 Å². The van der Waals surface area contributed by atoms with E-state index in [9.17, 15) is 8.78 Å². The van der Waals surface area contributed by atoms with Gasteiger partial charge in [0, 0.05) is 5.97 Å². The van der Waals surface area contributed by atoms with Crippen molar-refractivity contribution in [3.8, 4) is 17.4 Å². The van der Waals surface area contributed by atoms with Gasteiger partial charge in [0.2, 0.25) is 0 Å². The van der Waals surface area contributed by atoms with Gasteiger partial charge in [-0.05, 0) is 36.0 Å². The Balaban J connectivity index is 1.88. The summed E-state index contributed by atoms with van der Waals surface area (Å²) in [6.07, 6.45) is 6.30. The Morgan fingerprint density at radius 2 is 1.95 bits per heavy atom. The maximum absolute atomic E-state index is 14.3. The van der Waals surface area contributed by atoms with Gasteiger partial charge in [-0.15, -0.1) is 0 Å². The second-order valence-corrected chi connectivity index (χ2v) is 5.25. The summed E-state index contributed by atoms with van der Waals surface area (Å²) in [5.41, 5.74) is 2.10. The lowest BCUT2D eigenvalue weighted by atomic mass is 9.43. The molecule has 0 radical (unpaired) electrons. The molecule has 0 atom stereocenters. The Hall–Kier alpha value is -2.55. The Morgan fingerprint density at radius 3 is 2.55 bits per heavy atom. The largest absolute Gasteiger partial charge is 0.271 e. The van der Waals surface area contributed by atoms with Crippen LogP contribution < -0.4 is 0 Å². The van der Waals surface area contributed by atoms with Crippen molar-refractivity contribution in [2.24, 2.45) is 0 Å². The molecule has 1 aliphatic rings. The monoisotopic (exact) mass is 295 g/mol. The molecule has 0 spiro atoms. The van der Waals surface area contributed by atoms with E-state index >= 15 is 0 Å². The molecule has 1 aromatic heterocycles. The van der Waals surface area contributed by atoms with Crippen LogP contribution in [0, 0.1) is 22.9 Å². The third-order valence-corrected chi connectivity index (χ3v) is 3.79. The van der Waals surface area contributed by atoms with Gasteiger partial charge in [0.05, 0.1) is 18.0 Å². The lowest BCUT2D eigenvalue weighted by Gasteiger charge is -2.15. The van der Waals surface area contributed by atoms with E-state index in [4.69, 9.17) is 5.26 Å². The molecule has 22 heavy (non-hydrogen) atoms. The first-order valence-electron chi connectivity index (χ1n) is 7.04. The predicted octanol–water partition coefficient (Wildman–Crippen LogP) is 3.77. The molecule has 0 aliphatic carbocycles. The number of hydrogen-bond donors (Lipinski definition) is 0. The molecule has 0 amide bonds. The summed E-state index contributed by atoms with van der Waals surface area (Å²) in [7, 11) is 0. The molecule has 6 heteroatoms. The van der Waals surface area contributed by atoms with Crippen LogP contribution in [-0.2, 0) is 0 Å². The van der Waals surface area contributed by atoms with Gasteiger partial charge in [0.1, 0.15) is 5.82 Å². The maximum atomic E-state index is 14.3. The zero-order valence-electron chi connectivity index (χ0n) is 11.8. The number of nitriles is 1. The average molecular weight is 295 g/mol. The van der Waals surface area contributed by atoms with E-state index in [-0.39, 0.29) is 18.1 Å². The highest BCUT2D eigenvalue weighted by molar-refractivity contribution is 6.67. The van der Waals surface area contributed by atoms with Crippen LogP contribution in [0.4, 0.5) is 8.78 Å². The van der Waals surface area contributed by atoms with E-state index in [1.54, 1.807) is 6.07 Å². The summed E-state index contributed by atoms with van der Waals surface area (Å²) in [5, 5.41) is 8.89. The van der Waals surface area contributed by atoms with Crippen molar-refractivity contribution in [3.63, 3.8) is 0 Å².